The molecule has 0 unspecified atom stereocenters. The van der Waals surface area contributed by atoms with E-state index in [-0.39, 0.29) is 10.0 Å². The Bertz CT molecular complexity index is 980. The molecule has 2 aromatic carbocycles. The third-order valence-corrected chi connectivity index (χ3v) is 6.19. The van der Waals surface area contributed by atoms with Crippen molar-refractivity contribution in [3.8, 4) is 0 Å². The molecule has 2 aromatic rings. The van der Waals surface area contributed by atoms with Crippen LogP contribution >= 0.6 is 24.0 Å². The van der Waals surface area contributed by atoms with Crippen molar-refractivity contribution in [2.75, 3.05) is 22.9 Å². The van der Waals surface area contributed by atoms with Crippen LogP contribution in [0.2, 0.25) is 0 Å². The predicted molar refractivity (Wildman–Crippen MR) is 115 cm³/mol. The lowest BCUT2D eigenvalue weighted by Crippen LogP contribution is -2.27. The number of rotatable bonds is 3. The standard InChI is InChI=1S/C21H17F3N2OS2/c22-21(23,24)15-4-3-5-17(13-15)26-19(27)18(29-20(26)28)12-14-6-8-16(9-7-14)25-10-1-2-11-25/h3-9,12-13H,1-2,10-11H2/b18-12-. The van der Waals surface area contributed by atoms with E-state index >= 15 is 0 Å². The number of amides is 1. The Hall–Kier alpha value is -2.32. The Kier molecular flexibility index (Phi) is 5.40. The highest BCUT2D eigenvalue weighted by atomic mass is 32.2. The maximum absolute atomic E-state index is 13.0. The van der Waals surface area contributed by atoms with E-state index in [2.05, 4.69) is 4.90 Å². The van der Waals surface area contributed by atoms with Gasteiger partial charge in [0.25, 0.3) is 5.91 Å². The van der Waals surface area contributed by atoms with Crippen LogP contribution in [0.5, 0.6) is 0 Å². The van der Waals surface area contributed by atoms with Gasteiger partial charge in [-0.15, -0.1) is 0 Å². The predicted octanol–water partition coefficient (Wildman–Crippen LogP) is 5.71. The summed E-state index contributed by atoms with van der Waals surface area (Å²) in [6.45, 7) is 2.10. The first kappa shape index (κ1) is 20.0. The molecule has 0 radical (unpaired) electrons. The van der Waals surface area contributed by atoms with Gasteiger partial charge in [-0.1, -0.05) is 42.2 Å². The molecule has 0 aromatic heterocycles. The first-order valence-electron chi connectivity index (χ1n) is 9.13. The summed E-state index contributed by atoms with van der Waals surface area (Å²) in [4.78, 5) is 16.7. The summed E-state index contributed by atoms with van der Waals surface area (Å²) in [6.07, 6.45) is -0.372. The van der Waals surface area contributed by atoms with Gasteiger partial charge in [0.05, 0.1) is 16.2 Å². The number of nitrogens with zero attached hydrogens (tertiary/aromatic N) is 2. The summed E-state index contributed by atoms with van der Waals surface area (Å²) < 4.78 is 39.2. The third-order valence-electron chi connectivity index (χ3n) is 4.89. The van der Waals surface area contributed by atoms with Gasteiger partial charge in [-0.3, -0.25) is 9.69 Å². The molecule has 0 saturated carbocycles. The van der Waals surface area contributed by atoms with Crippen LogP contribution in [0.4, 0.5) is 24.5 Å². The van der Waals surface area contributed by atoms with Crippen molar-refractivity contribution in [2.24, 2.45) is 0 Å². The molecule has 2 heterocycles. The zero-order valence-corrected chi connectivity index (χ0v) is 16.9. The van der Waals surface area contributed by atoms with E-state index in [4.69, 9.17) is 12.2 Å². The van der Waals surface area contributed by atoms with Gasteiger partial charge in [0, 0.05) is 18.8 Å². The van der Waals surface area contributed by atoms with Crippen molar-refractivity contribution in [1.82, 2.24) is 0 Å². The Labute approximate surface area is 176 Å². The maximum atomic E-state index is 13.0. The van der Waals surface area contributed by atoms with Gasteiger partial charge in [-0.2, -0.15) is 13.2 Å². The zero-order chi connectivity index (χ0) is 20.6. The molecule has 8 heteroatoms. The molecule has 1 amide bonds. The lowest BCUT2D eigenvalue weighted by Gasteiger charge is -2.17. The summed E-state index contributed by atoms with van der Waals surface area (Å²) in [6, 6.07) is 12.5. The van der Waals surface area contributed by atoms with Crippen molar-refractivity contribution >= 4 is 51.7 Å². The fourth-order valence-corrected chi connectivity index (χ4v) is 4.72. The second-order valence-corrected chi connectivity index (χ2v) is 8.53. The molecular formula is C21H17F3N2OS2. The van der Waals surface area contributed by atoms with Crippen LogP contribution in [0, 0.1) is 0 Å². The number of benzene rings is 2. The number of hydrogen-bond acceptors (Lipinski definition) is 4. The van der Waals surface area contributed by atoms with Gasteiger partial charge in [-0.05, 0) is 54.8 Å². The molecule has 0 spiro atoms. The van der Waals surface area contributed by atoms with Gasteiger partial charge in [0.1, 0.15) is 0 Å². The molecule has 0 bridgehead atoms. The van der Waals surface area contributed by atoms with E-state index in [1.165, 1.54) is 25.0 Å². The lowest BCUT2D eigenvalue weighted by atomic mass is 10.1. The maximum Gasteiger partial charge on any atom is 0.416 e. The summed E-state index contributed by atoms with van der Waals surface area (Å²) >= 11 is 6.35. The summed E-state index contributed by atoms with van der Waals surface area (Å²) in [5, 5.41) is 0. The summed E-state index contributed by atoms with van der Waals surface area (Å²) in [7, 11) is 0. The normalized spacial score (nSPS) is 18.9. The van der Waals surface area contributed by atoms with Crippen LogP contribution in [0.3, 0.4) is 0 Å². The number of halogens is 3. The number of alkyl halides is 3. The van der Waals surface area contributed by atoms with E-state index in [1.807, 2.05) is 24.3 Å². The second-order valence-electron chi connectivity index (χ2n) is 6.85. The van der Waals surface area contributed by atoms with Crippen LogP contribution in [0.15, 0.2) is 53.4 Å². The molecule has 2 saturated heterocycles. The van der Waals surface area contributed by atoms with Crippen LogP contribution in [-0.2, 0) is 11.0 Å². The minimum Gasteiger partial charge on any atom is -0.372 e. The number of thiocarbonyl (C=S) groups is 1. The molecule has 0 atom stereocenters. The van der Waals surface area contributed by atoms with E-state index in [9.17, 15) is 18.0 Å². The molecule has 2 aliphatic rings. The van der Waals surface area contributed by atoms with Crippen LogP contribution < -0.4 is 9.80 Å². The van der Waals surface area contributed by atoms with Crippen molar-refractivity contribution in [3.63, 3.8) is 0 Å². The number of carbonyl (C=O) groups excluding carboxylic acids is 1. The average Bonchev–Trinajstić information content (AvgIpc) is 3.31. The van der Waals surface area contributed by atoms with Crippen molar-refractivity contribution in [1.29, 1.82) is 0 Å². The van der Waals surface area contributed by atoms with E-state index in [0.717, 1.165) is 53.1 Å². The highest BCUT2D eigenvalue weighted by Crippen LogP contribution is 2.38. The van der Waals surface area contributed by atoms with Crippen molar-refractivity contribution in [3.05, 3.63) is 64.6 Å². The number of thioether (sulfide) groups is 1. The molecule has 0 N–H and O–H groups in total. The fourth-order valence-electron chi connectivity index (χ4n) is 3.42. The highest BCUT2D eigenvalue weighted by molar-refractivity contribution is 8.27. The second kappa shape index (κ2) is 7.84. The zero-order valence-electron chi connectivity index (χ0n) is 15.3. The molecule has 2 fully saturated rings. The lowest BCUT2D eigenvalue weighted by molar-refractivity contribution is -0.137. The van der Waals surface area contributed by atoms with Crippen molar-refractivity contribution < 1.29 is 18.0 Å². The van der Waals surface area contributed by atoms with Gasteiger partial charge >= 0.3 is 6.18 Å². The van der Waals surface area contributed by atoms with Gasteiger partial charge < -0.3 is 4.90 Å². The van der Waals surface area contributed by atoms with Crippen LogP contribution in [0.25, 0.3) is 6.08 Å². The Morgan fingerprint density at radius 2 is 1.69 bits per heavy atom. The van der Waals surface area contributed by atoms with Crippen LogP contribution in [0.1, 0.15) is 24.0 Å². The summed E-state index contributed by atoms with van der Waals surface area (Å²) in [5.41, 5.74) is 1.30. The Morgan fingerprint density at radius 1 is 1.00 bits per heavy atom. The third kappa shape index (κ3) is 4.18. The quantitative estimate of drug-likeness (QED) is 0.456. The topological polar surface area (TPSA) is 23.6 Å². The van der Waals surface area contributed by atoms with E-state index < -0.39 is 17.6 Å². The highest BCUT2D eigenvalue weighted by Gasteiger charge is 2.36. The molecule has 2 aliphatic heterocycles. The van der Waals surface area contributed by atoms with Gasteiger partial charge in [0.15, 0.2) is 4.32 Å². The monoisotopic (exact) mass is 434 g/mol. The van der Waals surface area contributed by atoms with Crippen molar-refractivity contribution in [2.45, 2.75) is 19.0 Å². The van der Waals surface area contributed by atoms with E-state index in [1.54, 1.807) is 6.08 Å². The molecule has 3 nitrogen and oxygen atoms in total. The molecular weight excluding hydrogens is 417 g/mol. The van der Waals surface area contributed by atoms with Gasteiger partial charge in [0.2, 0.25) is 0 Å². The molecule has 150 valence electrons. The minimum atomic E-state index is -4.48. The number of hydrogen-bond donors (Lipinski definition) is 0. The SMILES string of the molecule is O=C1/C(=C/c2ccc(N3CCCC3)cc2)SC(=S)N1c1cccc(C(F)(F)F)c1. The smallest absolute Gasteiger partial charge is 0.372 e. The number of carbonyl (C=O) groups is 1. The Balaban J connectivity index is 1.56. The largest absolute Gasteiger partial charge is 0.416 e. The fraction of sp³-hybridized carbons (Fsp3) is 0.238. The van der Waals surface area contributed by atoms with Crippen LogP contribution in [-0.4, -0.2) is 23.3 Å². The minimum absolute atomic E-state index is 0.120. The summed E-state index contributed by atoms with van der Waals surface area (Å²) in [5.74, 6) is -0.414. The molecule has 4 rings (SSSR count). The Morgan fingerprint density at radius 3 is 2.34 bits per heavy atom. The first-order valence-corrected chi connectivity index (χ1v) is 10.4. The average molecular weight is 435 g/mol. The molecule has 0 aliphatic carbocycles. The first-order chi connectivity index (χ1) is 13.8. The molecule has 29 heavy (non-hydrogen) atoms. The number of anilines is 2. The van der Waals surface area contributed by atoms with E-state index in [0.29, 0.717) is 4.91 Å². The van der Waals surface area contributed by atoms with Gasteiger partial charge in [-0.25, -0.2) is 0 Å².